The molecule has 0 saturated heterocycles. The molecule has 1 aromatic heterocycles. The fraction of sp³-hybridized carbons (Fsp3) is 0.571. The molecule has 0 amide bonds. The average Bonchev–Trinajstić information content (AvgIpc) is 2.34. The quantitative estimate of drug-likeness (QED) is 0.720. The van der Waals surface area contributed by atoms with E-state index in [0.29, 0.717) is 12.5 Å². The summed E-state index contributed by atoms with van der Waals surface area (Å²) in [6, 6.07) is 0. The van der Waals surface area contributed by atoms with Crippen molar-refractivity contribution in [3.05, 3.63) is 11.9 Å². The molecule has 1 rings (SSSR count). The Morgan fingerprint density at radius 1 is 1.75 bits per heavy atom. The zero-order valence-electron chi connectivity index (χ0n) is 7.06. The molecule has 1 aromatic rings. The van der Waals surface area contributed by atoms with Crippen LogP contribution >= 0.6 is 0 Å². The van der Waals surface area contributed by atoms with Gasteiger partial charge in [0.15, 0.2) is 5.69 Å². The van der Waals surface area contributed by atoms with E-state index in [-0.39, 0.29) is 5.69 Å². The first-order chi connectivity index (χ1) is 5.59. The largest absolute Gasteiger partial charge is 0.476 e. The van der Waals surface area contributed by atoms with Crippen molar-refractivity contribution in [3.8, 4) is 0 Å². The number of hydrogen-bond acceptors (Lipinski definition) is 3. The Morgan fingerprint density at radius 3 is 2.83 bits per heavy atom. The molecule has 0 fully saturated rings. The average molecular weight is 169 g/mol. The lowest BCUT2D eigenvalue weighted by atomic mass is 10.2. The van der Waals surface area contributed by atoms with E-state index in [9.17, 15) is 4.79 Å². The number of aromatic nitrogens is 3. The third-order valence-corrected chi connectivity index (χ3v) is 1.28. The maximum absolute atomic E-state index is 10.4. The molecule has 5 nitrogen and oxygen atoms in total. The normalized spacial score (nSPS) is 10.6. The van der Waals surface area contributed by atoms with Crippen LogP contribution in [0, 0.1) is 5.92 Å². The lowest BCUT2D eigenvalue weighted by Gasteiger charge is -2.01. The molecular formula is C7H11N3O2. The summed E-state index contributed by atoms with van der Waals surface area (Å²) in [5, 5.41) is 16.1. The van der Waals surface area contributed by atoms with Crippen LogP contribution in [-0.4, -0.2) is 26.1 Å². The lowest BCUT2D eigenvalue weighted by molar-refractivity contribution is 0.0689. The summed E-state index contributed by atoms with van der Waals surface area (Å²) in [5.74, 6) is -0.621. The molecule has 0 aliphatic rings. The standard InChI is InChI=1S/C7H11N3O2/c1-5(2)4-10-8-3-6(9-10)7(11)12/h3,5H,4H2,1-2H3,(H,11,12). The Balaban J connectivity index is 2.71. The van der Waals surface area contributed by atoms with E-state index in [0.717, 1.165) is 0 Å². The van der Waals surface area contributed by atoms with Crippen LogP contribution in [0.1, 0.15) is 24.3 Å². The van der Waals surface area contributed by atoms with Gasteiger partial charge in [-0.15, -0.1) is 5.10 Å². The summed E-state index contributed by atoms with van der Waals surface area (Å²) in [7, 11) is 0. The van der Waals surface area contributed by atoms with Gasteiger partial charge in [0, 0.05) is 0 Å². The topological polar surface area (TPSA) is 68.0 Å². The van der Waals surface area contributed by atoms with E-state index in [4.69, 9.17) is 5.11 Å². The highest BCUT2D eigenvalue weighted by Crippen LogP contribution is 1.97. The number of carboxylic acid groups (broad SMARTS) is 1. The molecule has 12 heavy (non-hydrogen) atoms. The number of carboxylic acids is 1. The molecule has 0 radical (unpaired) electrons. The molecule has 0 aromatic carbocycles. The maximum Gasteiger partial charge on any atom is 0.358 e. The van der Waals surface area contributed by atoms with Crippen molar-refractivity contribution in [1.29, 1.82) is 0 Å². The van der Waals surface area contributed by atoms with Crippen molar-refractivity contribution in [2.75, 3.05) is 0 Å². The highest BCUT2D eigenvalue weighted by molar-refractivity contribution is 5.84. The highest BCUT2D eigenvalue weighted by Gasteiger charge is 2.08. The van der Waals surface area contributed by atoms with Gasteiger partial charge in [0.2, 0.25) is 0 Å². The summed E-state index contributed by atoms with van der Waals surface area (Å²) in [6.07, 6.45) is 1.25. The van der Waals surface area contributed by atoms with Crippen molar-refractivity contribution in [2.45, 2.75) is 20.4 Å². The van der Waals surface area contributed by atoms with Crippen LogP contribution < -0.4 is 0 Å². The van der Waals surface area contributed by atoms with Gasteiger partial charge < -0.3 is 5.11 Å². The summed E-state index contributed by atoms with van der Waals surface area (Å²) in [5.41, 5.74) is -0.00403. The number of aromatic carboxylic acids is 1. The summed E-state index contributed by atoms with van der Waals surface area (Å²) in [4.78, 5) is 11.8. The number of hydrogen-bond donors (Lipinski definition) is 1. The van der Waals surface area contributed by atoms with Crippen LogP contribution in [0.15, 0.2) is 6.20 Å². The van der Waals surface area contributed by atoms with E-state index in [1.54, 1.807) is 0 Å². The van der Waals surface area contributed by atoms with E-state index >= 15 is 0 Å². The zero-order chi connectivity index (χ0) is 9.14. The van der Waals surface area contributed by atoms with Gasteiger partial charge in [0.05, 0.1) is 12.7 Å². The molecule has 0 spiro atoms. The molecule has 1 heterocycles. The van der Waals surface area contributed by atoms with Gasteiger partial charge in [-0.3, -0.25) is 0 Å². The molecule has 5 heteroatoms. The Hall–Kier alpha value is -1.39. The minimum atomic E-state index is -1.04. The van der Waals surface area contributed by atoms with Gasteiger partial charge in [0.25, 0.3) is 0 Å². The Morgan fingerprint density at radius 2 is 2.42 bits per heavy atom. The SMILES string of the molecule is CC(C)Cn1ncc(C(=O)O)n1. The maximum atomic E-state index is 10.4. The van der Waals surface area contributed by atoms with Crippen LogP contribution in [0.25, 0.3) is 0 Å². The Bertz CT molecular complexity index is 280. The van der Waals surface area contributed by atoms with Crippen molar-refractivity contribution in [1.82, 2.24) is 15.0 Å². The molecule has 0 saturated carbocycles. The van der Waals surface area contributed by atoms with Gasteiger partial charge >= 0.3 is 5.97 Å². The summed E-state index contributed by atoms with van der Waals surface area (Å²) >= 11 is 0. The molecule has 0 bridgehead atoms. The van der Waals surface area contributed by atoms with Gasteiger partial charge in [-0.05, 0) is 5.92 Å². The first-order valence-corrected chi connectivity index (χ1v) is 3.73. The number of nitrogens with zero attached hydrogens (tertiary/aromatic N) is 3. The number of rotatable bonds is 3. The van der Waals surface area contributed by atoms with E-state index in [1.165, 1.54) is 11.0 Å². The van der Waals surface area contributed by atoms with Crippen molar-refractivity contribution >= 4 is 5.97 Å². The van der Waals surface area contributed by atoms with Gasteiger partial charge in [0.1, 0.15) is 0 Å². The van der Waals surface area contributed by atoms with E-state index in [1.807, 2.05) is 13.8 Å². The summed E-state index contributed by atoms with van der Waals surface area (Å²) in [6.45, 7) is 4.68. The zero-order valence-corrected chi connectivity index (χ0v) is 7.06. The van der Waals surface area contributed by atoms with E-state index in [2.05, 4.69) is 10.2 Å². The van der Waals surface area contributed by atoms with Gasteiger partial charge in [-0.2, -0.15) is 9.90 Å². The summed E-state index contributed by atoms with van der Waals surface area (Å²) < 4.78 is 0. The molecular weight excluding hydrogens is 158 g/mol. The molecule has 0 aliphatic heterocycles. The second-order valence-electron chi connectivity index (χ2n) is 2.98. The van der Waals surface area contributed by atoms with Crippen LogP contribution in [0.4, 0.5) is 0 Å². The third-order valence-electron chi connectivity index (χ3n) is 1.28. The first kappa shape index (κ1) is 8.70. The van der Waals surface area contributed by atoms with Crippen LogP contribution in [0.2, 0.25) is 0 Å². The second-order valence-corrected chi connectivity index (χ2v) is 2.98. The Labute approximate surface area is 70.0 Å². The lowest BCUT2D eigenvalue weighted by Crippen LogP contribution is -2.08. The fourth-order valence-corrected chi connectivity index (χ4v) is 0.810. The predicted octanol–water partition coefficient (Wildman–Crippen LogP) is 0.632. The van der Waals surface area contributed by atoms with Crippen molar-refractivity contribution < 1.29 is 9.90 Å². The van der Waals surface area contributed by atoms with E-state index < -0.39 is 5.97 Å². The molecule has 0 unspecified atom stereocenters. The predicted molar refractivity (Wildman–Crippen MR) is 41.8 cm³/mol. The van der Waals surface area contributed by atoms with Gasteiger partial charge in [-0.25, -0.2) is 4.79 Å². The molecule has 1 N–H and O–H groups in total. The van der Waals surface area contributed by atoms with Crippen molar-refractivity contribution in [3.63, 3.8) is 0 Å². The first-order valence-electron chi connectivity index (χ1n) is 3.73. The molecule has 0 aliphatic carbocycles. The van der Waals surface area contributed by atoms with Crippen LogP contribution in [-0.2, 0) is 6.54 Å². The second kappa shape index (κ2) is 3.34. The molecule has 66 valence electrons. The van der Waals surface area contributed by atoms with Gasteiger partial charge in [-0.1, -0.05) is 13.8 Å². The smallest absolute Gasteiger partial charge is 0.358 e. The molecule has 0 atom stereocenters. The Kier molecular flexibility index (Phi) is 2.42. The monoisotopic (exact) mass is 169 g/mol. The van der Waals surface area contributed by atoms with Crippen molar-refractivity contribution in [2.24, 2.45) is 5.92 Å². The number of carbonyl (C=O) groups is 1. The highest BCUT2D eigenvalue weighted by atomic mass is 16.4. The fourth-order valence-electron chi connectivity index (χ4n) is 0.810. The van der Waals surface area contributed by atoms with Crippen LogP contribution in [0.3, 0.4) is 0 Å². The van der Waals surface area contributed by atoms with Crippen LogP contribution in [0.5, 0.6) is 0 Å². The minimum Gasteiger partial charge on any atom is -0.476 e. The minimum absolute atomic E-state index is 0.00403. The third kappa shape index (κ3) is 2.05.